The van der Waals surface area contributed by atoms with Crippen molar-refractivity contribution in [2.45, 2.75) is 25.7 Å². The first-order chi connectivity index (χ1) is 13.7. The van der Waals surface area contributed by atoms with Gasteiger partial charge in [-0.3, -0.25) is 9.59 Å². The zero-order chi connectivity index (χ0) is 20.9. The molecule has 1 aliphatic heterocycles. The second-order valence-electron chi connectivity index (χ2n) is 6.72. The minimum atomic E-state index is -4.65. The van der Waals surface area contributed by atoms with Gasteiger partial charge in [-0.2, -0.15) is 13.2 Å². The summed E-state index contributed by atoms with van der Waals surface area (Å²) < 4.78 is 47.0. The van der Waals surface area contributed by atoms with E-state index in [2.05, 4.69) is 5.32 Å². The van der Waals surface area contributed by atoms with Gasteiger partial charge in [0.15, 0.2) is 0 Å². The fourth-order valence-electron chi connectivity index (χ4n) is 3.42. The predicted molar refractivity (Wildman–Crippen MR) is 103 cm³/mol. The number of alkyl halides is 3. The summed E-state index contributed by atoms with van der Waals surface area (Å²) in [6.45, 7) is 2.17. The summed E-state index contributed by atoms with van der Waals surface area (Å²) in [5, 5.41) is 2.43. The number of benzene rings is 2. The van der Waals surface area contributed by atoms with Crippen LogP contribution in [0.25, 0.3) is 10.9 Å². The Morgan fingerprint density at radius 2 is 1.97 bits per heavy atom. The van der Waals surface area contributed by atoms with Gasteiger partial charge in [-0.25, -0.2) is 0 Å². The highest BCUT2D eigenvalue weighted by Crippen LogP contribution is 2.36. The second kappa shape index (κ2) is 6.81. The first-order valence-corrected chi connectivity index (χ1v) is 9.04. The maximum atomic E-state index is 13.2. The lowest BCUT2D eigenvalue weighted by atomic mass is 10.1. The molecule has 2 heterocycles. The normalized spacial score (nSPS) is 15.8. The zero-order valence-corrected chi connectivity index (χ0v) is 15.8. The number of rotatable bonds is 2. The minimum Gasteiger partial charge on any atom is -0.487 e. The van der Waals surface area contributed by atoms with Gasteiger partial charge in [-0.1, -0.05) is 23.7 Å². The number of ether oxygens (including phenoxy) is 1. The smallest absolute Gasteiger partial charge is 0.418 e. The standard InChI is InChI=1S/C20H14ClF3N2O3/c1-10-8-26-9-11(18(27)16-13(21)6-7-15(29-10)17(16)26)19(28)25-14-5-3-2-4-12(14)20(22,23)24/h2-7,9-10H,8H2,1H3,(H,25,28)/t10-/m0/s1. The third-order valence-electron chi connectivity index (χ3n) is 4.64. The molecule has 0 saturated heterocycles. The van der Waals surface area contributed by atoms with Crippen molar-refractivity contribution in [3.8, 4) is 5.75 Å². The number of carbonyl (C=O) groups is 1. The van der Waals surface area contributed by atoms with Gasteiger partial charge in [0.2, 0.25) is 5.43 Å². The quantitative estimate of drug-likeness (QED) is 0.650. The lowest BCUT2D eigenvalue weighted by molar-refractivity contribution is -0.136. The minimum absolute atomic E-state index is 0.0906. The Balaban J connectivity index is 1.84. The van der Waals surface area contributed by atoms with Crippen LogP contribution in [0.1, 0.15) is 22.8 Å². The van der Waals surface area contributed by atoms with Gasteiger partial charge in [0.25, 0.3) is 5.91 Å². The Kier molecular flexibility index (Phi) is 4.53. The third-order valence-corrected chi connectivity index (χ3v) is 4.96. The molecule has 1 amide bonds. The van der Waals surface area contributed by atoms with E-state index >= 15 is 0 Å². The molecule has 150 valence electrons. The lowest BCUT2D eigenvalue weighted by Gasteiger charge is -2.26. The molecule has 1 atom stereocenters. The fourth-order valence-corrected chi connectivity index (χ4v) is 3.66. The average Bonchev–Trinajstić information content (AvgIpc) is 2.65. The van der Waals surface area contributed by atoms with E-state index in [1.165, 1.54) is 24.4 Å². The van der Waals surface area contributed by atoms with Crippen LogP contribution in [0.3, 0.4) is 0 Å². The predicted octanol–water partition coefficient (Wildman–Crippen LogP) is 4.71. The maximum Gasteiger partial charge on any atom is 0.418 e. The summed E-state index contributed by atoms with van der Waals surface area (Å²) in [6, 6.07) is 7.69. The molecule has 0 saturated carbocycles. The average molecular weight is 423 g/mol. The van der Waals surface area contributed by atoms with E-state index in [9.17, 15) is 22.8 Å². The van der Waals surface area contributed by atoms with Gasteiger partial charge in [-0.15, -0.1) is 0 Å². The molecule has 4 rings (SSSR count). The molecule has 0 aliphatic carbocycles. The summed E-state index contributed by atoms with van der Waals surface area (Å²) in [7, 11) is 0. The highest BCUT2D eigenvalue weighted by molar-refractivity contribution is 6.35. The molecule has 1 aromatic heterocycles. The van der Waals surface area contributed by atoms with Gasteiger partial charge in [0.05, 0.1) is 33.7 Å². The number of nitrogens with one attached hydrogen (secondary N) is 1. The SMILES string of the molecule is C[C@H]1Cn2cc(C(=O)Nc3ccccc3C(F)(F)F)c(=O)c3c(Cl)ccc(c32)O1. The number of halogens is 4. The molecule has 3 aromatic rings. The molecule has 29 heavy (non-hydrogen) atoms. The first kappa shape index (κ1) is 19.3. The molecule has 0 fully saturated rings. The van der Waals surface area contributed by atoms with E-state index < -0.39 is 28.8 Å². The Hall–Kier alpha value is -3.00. The van der Waals surface area contributed by atoms with Crippen LogP contribution < -0.4 is 15.5 Å². The van der Waals surface area contributed by atoms with Gasteiger partial charge in [-0.05, 0) is 31.2 Å². The zero-order valence-electron chi connectivity index (χ0n) is 15.0. The van der Waals surface area contributed by atoms with Crippen LogP contribution in [0.2, 0.25) is 5.02 Å². The molecule has 1 N–H and O–H groups in total. The van der Waals surface area contributed by atoms with E-state index in [-0.39, 0.29) is 22.1 Å². The topological polar surface area (TPSA) is 60.3 Å². The van der Waals surface area contributed by atoms with E-state index in [0.29, 0.717) is 17.8 Å². The molecule has 1 aliphatic rings. The van der Waals surface area contributed by atoms with E-state index in [1.807, 2.05) is 6.92 Å². The number of amides is 1. The van der Waals surface area contributed by atoms with Crippen molar-refractivity contribution >= 4 is 34.1 Å². The number of carbonyl (C=O) groups excluding carboxylic acids is 1. The van der Waals surface area contributed by atoms with Crippen LogP contribution in [0.4, 0.5) is 18.9 Å². The van der Waals surface area contributed by atoms with Crippen molar-refractivity contribution in [1.29, 1.82) is 0 Å². The number of pyridine rings is 1. The fraction of sp³-hybridized carbons (Fsp3) is 0.200. The Morgan fingerprint density at radius 1 is 1.24 bits per heavy atom. The highest BCUT2D eigenvalue weighted by atomic mass is 35.5. The van der Waals surface area contributed by atoms with Crippen LogP contribution in [-0.2, 0) is 12.7 Å². The molecule has 0 radical (unpaired) electrons. The number of aromatic nitrogens is 1. The van der Waals surface area contributed by atoms with Gasteiger partial charge in [0, 0.05) is 6.20 Å². The highest BCUT2D eigenvalue weighted by Gasteiger charge is 2.34. The molecule has 9 heteroatoms. The van der Waals surface area contributed by atoms with Crippen molar-refractivity contribution in [2.24, 2.45) is 0 Å². The lowest BCUT2D eigenvalue weighted by Crippen LogP contribution is -2.30. The van der Waals surface area contributed by atoms with Crippen molar-refractivity contribution in [2.75, 3.05) is 5.32 Å². The summed E-state index contributed by atoms with van der Waals surface area (Å²) in [6.07, 6.45) is -3.55. The summed E-state index contributed by atoms with van der Waals surface area (Å²) in [5.41, 5.74) is -1.96. The molecular formula is C20H14ClF3N2O3. The van der Waals surface area contributed by atoms with Crippen molar-refractivity contribution in [3.05, 3.63) is 69.0 Å². The van der Waals surface area contributed by atoms with Crippen molar-refractivity contribution < 1.29 is 22.7 Å². The second-order valence-corrected chi connectivity index (χ2v) is 7.13. The van der Waals surface area contributed by atoms with Gasteiger partial charge in [0.1, 0.15) is 17.4 Å². The number of nitrogens with zero attached hydrogens (tertiary/aromatic N) is 1. The largest absolute Gasteiger partial charge is 0.487 e. The summed E-state index contributed by atoms with van der Waals surface area (Å²) in [5.74, 6) is -0.493. The number of hydrogen-bond donors (Lipinski definition) is 1. The van der Waals surface area contributed by atoms with Crippen LogP contribution >= 0.6 is 11.6 Å². The molecular weight excluding hydrogens is 409 g/mol. The van der Waals surface area contributed by atoms with E-state index in [1.54, 1.807) is 10.6 Å². The monoisotopic (exact) mass is 422 g/mol. The Morgan fingerprint density at radius 3 is 2.69 bits per heavy atom. The van der Waals surface area contributed by atoms with Crippen LogP contribution in [0.15, 0.2) is 47.4 Å². The summed E-state index contributed by atoms with van der Waals surface area (Å²) in [4.78, 5) is 25.7. The Labute approximate surface area is 167 Å². The molecule has 5 nitrogen and oxygen atoms in total. The van der Waals surface area contributed by atoms with Crippen LogP contribution in [0, 0.1) is 0 Å². The van der Waals surface area contributed by atoms with E-state index in [4.69, 9.17) is 16.3 Å². The maximum absolute atomic E-state index is 13.2. The van der Waals surface area contributed by atoms with E-state index in [0.717, 1.165) is 12.1 Å². The summed E-state index contributed by atoms with van der Waals surface area (Å²) >= 11 is 6.20. The number of para-hydroxylation sites is 1. The molecule has 2 aromatic carbocycles. The molecule has 0 unspecified atom stereocenters. The van der Waals surface area contributed by atoms with Gasteiger partial charge < -0.3 is 14.6 Å². The first-order valence-electron chi connectivity index (χ1n) is 8.66. The van der Waals surface area contributed by atoms with Crippen LogP contribution in [-0.4, -0.2) is 16.6 Å². The van der Waals surface area contributed by atoms with Crippen molar-refractivity contribution in [1.82, 2.24) is 4.57 Å². The third kappa shape index (κ3) is 3.33. The van der Waals surface area contributed by atoms with Crippen LogP contribution in [0.5, 0.6) is 5.75 Å². The molecule has 0 spiro atoms. The van der Waals surface area contributed by atoms with Gasteiger partial charge >= 0.3 is 6.18 Å². The molecule has 0 bridgehead atoms. The van der Waals surface area contributed by atoms with Crippen molar-refractivity contribution in [3.63, 3.8) is 0 Å². The Bertz CT molecular complexity index is 1200. The number of hydrogen-bond acceptors (Lipinski definition) is 3. The number of anilines is 1.